The summed E-state index contributed by atoms with van der Waals surface area (Å²) < 4.78 is 53.7. The van der Waals surface area contributed by atoms with Gasteiger partial charge in [-0.2, -0.15) is 9.44 Å². The van der Waals surface area contributed by atoms with E-state index < -0.39 is 75.2 Å². The van der Waals surface area contributed by atoms with Gasteiger partial charge < -0.3 is 10.2 Å². The van der Waals surface area contributed by atoms with Crippen LogP contribution in [0.5, 0.6) is 0 Å². The first kappa shape index (κ1) is 30.9. The lowest BCUT2D eigenvalue weighted by Crippen LogP contribution is -2.43. The highest BCUT2D eigenvalue weighted by molar-refractivity contribution is 8.76. The number of nitrogens with zero attached hydrogens (tertiary/aromatic N) is 2. The lowest BCUT2D eigenvalue weighted by molar-refractivity contribution is -0.385. The van der Waals surface area contributed by atoms with E-state index in [0.29, 0.717) is 0 Å². The van der Waals surface area contributed by atoms with Gasteiger partial charge in [0.05, 0.1) is 19.6 Å². The van der Waals surface area contributed by atoms with Crippen molar-refractivity contribution in [3.8, 4) is 0 Å². The smallest absolute Gasteiger partial charge is 0.322 e. The van der Waals surface area contributed by atoms with E-state index in [1.807, 2.05) is 9.44 Å². The molecule has 0 spiro atoms. The number of carboxylic acid groups (broad SMARTS) is 2. The van der Waals surface area contributed by atoms with E-state index in [0.717, 1.165) is 70.1 Å². The van der Waals surface area contributed by atoms with Crippen LogP contribution in [0.2, 0.25) is 0 Å². The van der Waals surface area contributed by atoms with Crippen molar-refractivity contribution in [2.75, 3.05) is 11.5 Å². The van der Waals surface area contributed by atoms with Crippen LogP contribution in [0.25, 0.3) is 0 Å². The number of rotatable bonds is 15. The molecule has 0 aliphatic heterocycles. The summed E-state index contributed by atoms with van der Waals surface area (Å²) >= 11 is 0. The molecule has 0 aromatic heterocycles. The number of hydrogen-bond donors (Lipinski definition) is 4. The topological polar surface area (TPSA) is 253 Å². The Balaban J connectivity index is 1.99. The molecule has 2 atom stereocenters. The van der Waals surface area contributed by atoms with Crippen molar-refractivity contribution < 1.29 is 46.5 Å². The van der Waals surface area contributed by atoms with Gasteiger partial charge in [-0.3, -0.25) is 29.8 Å². The minimum absolute atomic E-state index is 0.372. The van der Waals surface area contributed by atoms with Gasteiger partial charge in [-0.05, 0) is 24.3 Å². The summed E-state index contributed by atoms with van der Waals surface area (Å²) in [7, 11) is -7.26. The van der Waals surface area contributed by atoms with Gasteiger partial charge in [-0.1, -0.05) is 21.6 Å². The Morgan fingerprint density at radius 3 is 1.24 bits per heavy atom. The van der Waals surface area contributed by atoms with E-state index in [1.165, 1.54) is 0 Å². The predicted octanol–water partition coefficient (Wildman–Crippen LogP) is 1.05. The second kappa shape index (κ2) is 13.0. The standard InChI is InChI=1S/C18H18N4O12S4/c23-17(24)15(19-37(31,32)13-5-1-11(2-6-13)21(27)28)9-35-36-10-16(18(25)26)20-38(33,34)14-7-3-12(4-8-14)22(29)30/h1-8,15-16,19-20H,9-10H2,(H,23,24)(H,25,26)/t15-,16-/m0/s1. The first-order valence-corrected chi connectivity index (χ1v) is 15.3. The molecule has 2 rings (SSSR count). The maximum Gasteiger partial charge on any atom is 0.322 e. The molecule has 0 saturated heterocycles. The van der Waals surface area contributed by atoms with Crippen molar-refractivity contribution in [2.24, 2.45) is 0 Å². The van der Waals surface area contributed by atoms with Crippen LogP contribution < -0.4 is 9.44 Å². The lowest BCUT2D eigenvalue weighted by atomic mass is 10.3. The van der Waals surface area contributed by atoms with Gasteiger partial charge in [0.15, 0.2) is 0 Å². The van der Waals surface area contributed by atoms with Gasteiger partial charge in [0.1, 0.15) is 12.1 Å². The molecule has 16 nitrogen and oxygen atoms in total. The van der Waals surface area contributed by atoms with Crippen LogP contribution in [0, 0.1) is 20.2 Å². The van der Waals surface area contributed by atoms with E-state index >= 15 is 0 Å². The molecular weight excluding hydrogens is 592 g/mol. The third kappa shape index (κ3) is 8.63. The third-order valence-corrected chi connectivity index (χ3v) is 9.86. The van der Waals surface area contributed by atoms with Crippen molar-refractivity contribution in [3.05, 3.63) is 68.8 Å². The quantitative estimate of drug-likeness (QED) is 0.0951. The first-order chi connectivity index (χ1) is 17.6. The Hall–Kier alpha value is -3.30. The van der Waals surface area contributed by atoms with Crippen LogP contribution in [-0.2, 0) is 29.6 Å². The van der Waals surface area contributed by atoms with Gasteiger partial charge in [0.2, 0.25) is 20.0 Å². The van der Waals surface area contributed by atoms with Crippen molar-refractivity contribution in [1.29, 1.82) is 0 Å². The highest BCUT2D eigenvalue weighted by Gasteiger charge is 2.28. The molecule has 0 saturated carbocycles. The minimum Gasteiger partial charge on any atom is -0.480 e. The largest absolute Gasteiger partial charge is 0.480 e. The molecular formula is C18H18N4O12S4. The van der Waals surface area contributed by atoms with Gasteiger partial charge in [-0.15, -0.1) is 0 Å². The normalized spacial score (nSPS) is 13.4. The fourth-order valence-electron chi connectivity index (χ4n) is 2.55. The van der Waals surface area contributed by atoms with Crippen LogP contribution >= 0.6 is 21.6 Å². The molecule has 0 aliphatic rings. The molecule has 206 valence electrons. The number of carbonyl (C=O) groups is 2. The van der Waals surface area contributed by atoms with Crippen LogP contribution in [0.3, 0.4) is 0 Å². The van der Waals surface area contributed by atoms with Crippen LogP contribution in [0.1, 0.15) is 0 Å². The summed E-state index contributed by atoms with van der Waals surface area (Å²) in [5.41, 5.74) is -0.745. The molecule has 0 radical (unpaired) electrons. The molecule has 2 aromatic rings. The average Bonchev–Trinajstić information content (AvgIpc) is 2.84. The first-order valence-electron chi connectivity index (χ1n) is 9.87. The highest BCUT2D eigenvalue weighted by atomic mass is 33.1. The summed E-state index contributed by atoms with van der Waals surface area (Å²) in [6.45, 7) is 0. The van der Waals surface area contributed by atoms with Crippen LogP contribution in [0.4, 0.5) is 11.4 Å². The molecule has 0 fully saturated rings. The van der Waals surface area contributed by atoms with E-state index in [4.69, 9.17) is 0 Å². The van der Waals surface area contributed by atoms with E-state index in [-0.39, 0.29) is 11.4 Å². The number of benzene rings is 2. The number of sulfonamides is 2. The zero-order valence-electron chi connectivity index (χ0n) is 18.7. The number of nitro groups is 2. The zero-order valence-corrected chi connectivity index (χ0v) is 22.0. The number of hydrogen-bond acceptors (Lipinski definition) is 12. The summed E-state index contributed by atoms with van der Waals surface area (Å²) in [4.78, 5) is 42.2. The third-order valence-electron chi connectivity index (χ3n) is 4.46. The van der Waals surface area contributed by atoms with E-state index in [1.54, 1.807) is 0 Å². The number of carboxylic acids is 2. The lowest BCUT2D eigenvalue weighted by Gasteiger charge is -2.16. The summed E-state index contributed by atoms with van der Waals surface area (Å²) in [6, 6.07) is 4.08. The maximum atomic E-state index is 12.5. The number of aliphatic carboxylic acids is 2. The van der Waals surface area contributed by atoms with Crippen LogP contribution in [0.15, 0.2) is 58.3 Å². The Bertz CT molecular complexity index is 1300. The molecule has 0 unspecified atom stereocenters. The number of nitrogens with one attached hydrogen (secondary N) is 2. The molecule has 2 aromatic carbocycles. The molecule has 38 heavy (non-hydrogen) atoms. The Kier molecular flexibility index (Phi) is 10.6. The zero-order chi connectivity index (χ0) is 28.7. The monoisotopic (exact) mass is 610 g/mol. The summed E-state index contributed by atoms with van der Waals surface area (Å²) in [5, 5.41) is 40.1. The Labute approximate surface area is 222 Å². The molecule has 0 heterocycles. The summed E-state index contributed by atoms with van der Waals surface area (Å²) in [5.74, 6) is -3.91. The van der Waals surface area contributed by atoms with Gasteiger partial charge in [0, 0.05) is 35.8 Å². The fourth-order valence-corrected chi connectivity index (χ4v) is 7.45. The van der Waals surface area contributed by atoms with Gasteiger partial charge >= 0.3 is 11.9 Å². The van der Waals surface area contributed by atoms with E-state index in [2.05, 4.69) is 0 Å². The van der Waals surface area contributed by atoms with Gasteiger partial charge in [-0.25, -0.2) is 16.8 Å². The fraction of sp³-hybridized carbons (Fsp3) is 0.222. The van der Waals surface area contributed by atoms with E-state index in [9.17, 15) is 56.9 Å². The van der Waals surface area contributed by atoms with Gasteiger partial charge in [0.25, 0.3) is 11.4 Å². The SMILES string of the molecule is O=C(O)[C@H](CSSC[C@H](NS(=O)(=O)c1ccc([N+](=O)[O-])cc1)C(=O)O)NS(=O)(=O)c1ccc([N+](=O)[O-])cc1. The predicted molar refractivity (Wildman–Crippen MR) is 135 cm³/mol. The molecule has 4 N–H and O–H groups in total. The maximum absolute atomic E-state index is 12.5. The molecule has 0 aliphatic carbocycles. The second-order valence-corrected chi connectivity index (χ2v) is 13.1. The Morgan fingerprint density at radius 1 is 0.711 bits per heavy atom. The Morgan fingerprint density at radius 2 is 1.00 bits per heavy atom. The number of non-ortho nitro benzene ring substituents is 2. The van der Waals surface area contributed by atoms with Crippen molar-refractivity contribution in [3.63, 3.8) is 0 Å². The second-order valence-electron chi connectivity index (χ2n) is 7.10. The molecule has 0 bridgehead atoms. The minimum atomic E-state index is -4.38. The van der Waals surface area contributed by atoms with Crippen molar-refractivity contribution >= 4 is 64.9 Å². The average molecular weight is 611 g/mol. The van der Waals surface area contributed by atoms with Crippen molar-refractivity contribution in [2.45, 2.75) is 21.9 Å². The molecule has 0 amide bonds. The number of nitro benzene ring substituents is 2. The summed E-state index contributed by atoms with van der Waals surface area (Å²) in [6.07, 6.45) is 0. The highest BCUT2D eigenvalue weighted by Crippen LogP contribution is 2.25. The van der Waals surface area contributed by atoms with Crippen LogP contribution in [-0.4, -0.2) is 72.4 Å². The van der Waals surface area contributed by atoms with Crippen molar-refractivity contribution in [1.82, 2.24) is 9.44 Å². The molecule has 20 heteroatoms.